The minimum atomic E-state index is 0.475. The first-order chi connectivity index (χ1) is 6.64. The fourth-order valence-electron chi connectivity index (χ4n) is 2.28. The second-order valence-corrected chi connectivity index (χ2v) is 4.87. The highest BCUT2D eigenvalue weighted by molar-refractivity contribution is 4.98. The van der Waals surface area contributed by atoms with Crippen molar-refractivity contribution in [2.45, 2.75) is 57.5 Å². The molecule has 84 valence electrons. The first-order valence-electron chi connectivity index (χ1n) is 6.05. The molecule has 1 aliphatic rings. The normalized spacial score (nSPS) is 20.1. The van der Waals surface area contributed by atoms with E-state index >= 15 is 0 Å². The Balaban J connectivity index is 2.34. The number of hydrogen-bond acceptors (Lipinski definition) is 2. The summed E-state index contributed by atoms with van der Waals surface area (Å²) in [5, 5.41) is 3.70. The molecule has 0 amide bonds. The summed E-state index contributed by atoms with van der Waals surface area (Å²) in [6.07, 6.45) is 6.64. The van der Waals surface area contributed by atoms with Crippen molar-refractivity contribution < 1.29 is 0 Å². The third-order valence-corrected chi connectivity index (χ3v) is 3.94. The number of likely N-dealkylation sites (N-methyl/N-ethyl adjacent to an activating group) is 1. The molecule has 0 unspecified atom stereocenters. The highest BCUT2D eigenvalue weighted by Crippen LogP contribution is 2.35. The molecule has 1 aliphatic carbocycles. The van der Waals surface area contributed by atoms with Crippen molar-refractivity contribution in [1.82, 2.24) is 10.2 Å². The minimum absolute atomic E-state index is 0.475. The molecule has 0 atom stereocenters. The average molecular weight is 198 g/mol. The Labute approximate surface area is 89.1 Å². The maximum Gasteiger partial charge on any atom is 0.0328 e. The SMILES string of the molecule is CCC(CC)NCC1(N(C)C)CCC1. The molecule has 2 nitrogen and oxygen atoms in total. The van der Waals surface area contributed by atoms with Gasteiger partial charge >= 0.3 is 0 Å². The highest BCUT2D eigenvalue weighted by atomic mass is 15.2. The van der Waals surface area contributed by atoms with E-state index in [1.165, 1.54) is 38.6 Å². The van der Waals surface area contributed by atoms with Crippen molar-refractivity contribution >= 4 is 0 Å². The zero-order chi connectivity index (χ0) is 10.6. The topological polar surface area (TPSA) is 15.3 Å². The molecule has 2 heteroatoms. The van der Waals surface area contributed by atoms with Crippen LogP contribution in [0.5, 0.6) is 0 Å². The molecule has 1 rings (SSSR count). The van der Waals surface area contributed by atoms with Crippen LogP contribution in [0, 0.1) is 0 Å². The maximum absolute atomic E-state index is 3.70. The molecule has 0 aromatic heterocycles. The molecule has 0 saturated heterocycles. The van der Waals surface area contributed by atoms with Crippen LogP contribution >= 0.6 is 0 Å². The summed E-state index contributed by atoms with van der Waals surface area (Å²) in [5.41, 5.74) is 0.475. The van der Waals surface area contributed by atoms with Crippen LogP contribution in [0.4, 0.5) is 0 Å². The summed E-state index contributed by atoms with van der Waals surface area (Å²) in [4.78, 5) is 2.41. The molecule has 0 aliphatic heterocycles. The van der Waals surface area contributed by atoms with Crippen molar-refractivity contribution in [1.29, 1.82) is 0 Å². The van der Waals surface area contributed by atoms with Gasteiger partial charge in [0.05, 0.1) is 0 Å². The summed E-state index contributed by atoms with van der Waals surface area (Å²) in [6, 6.07) is 0.715. The lowest BCUT2D eigenvalue weighted by Crippen LogP contribution is -2.57. The van der Waals surface area contributed by atoms with E-state index < -0.39 is 0 Å². The van der Waals surface area contributed by atoms with Gasteiger partial charge in [-0.3, -0.25) is 0 Å². The van der Waals surface area contributed by atoms with Crippen molar-refractivity contribution in [3.05, 3.63) is 0 Å². The monoisotopic (exact) mass is 198 g/mol. The molecule has 0 aromatic rings. The van der Waals surface area contributed by atoms with Gasteiger partial charge in [0.1, 0.15) is 0 Å². The first kappa shape index (κ1) is 12.0. The van der Waals surface area contributed by atoms with Crippen LogP contribution in [-0.2, 0) is 0 Å². The molecule has 0 bridgehead atoms. The lowest BCUT2D eigenvalue weighted by Gasteiger charge is -2.48. The van der Waals surface area contributed by atoms with Crippen LogP contribution in [0.1, 0.15) is 46.0 Å². The number of nitrogens with zero attached hydrogens (tertiary/aromatic N) is 1. The standard InChI is InChI=1S/C12H26N2/c1-5-11(6-2)13-10-12(14(3)4)8-7-9-12/h11,13H,5-10H2,1-4H3. The number of rotatable bonds is 6. The van der Waals surface area contributed by atoms with Crippen LogP contribution in [0.3, 0.4) is 0 Å². The van der Waals surface area contributed by atoms with Gasteiger partial charge in [0.15, 0.2) is 0 Å². The third kappa shape index (κ3) is 2.48. The predicted molar refractivity (Wildman–Crippen MR) is 62.6 cm³/mol. The van der Waals surface area contributed by atoms with Gasteiger partial charge in [-0.15, -0.1) is 0 Å². The first-order valence-corrected chi connectivity index (χ1v) is 6.05. The summed E-state index contributed by atoms with van der Waals surface area (Å²) in [5.74, 6) is 0. The third-order valence-electron chi connectivity index (χ3n) is 3.94. The van der Waals surface area contributed by atoms with Gasteiger partial charge in [-0.1, -0.05) is 13.8 Å². The van der Waals surface area contributed by atoms with Crippen molar-refractivity contribution in [3.8, 4) is 0 Å². The molecule has 0 aromatic carbocycles. The maximum atomic E-state index is 3.70. The van der Waals surface area contributed by atoms with Gasteiger partial charge in [0.25, 0.3) is 0 Å². The number of nitrogens with one attached hydrogen (secondary N) is 1. The van der Waals surface area contributed by atoms with Crippen molar-refractivity contribution in [2.75, 3.05) is 20.6 Å². The second-order valence-electron chi connectivity index (χ2n) is 4.87. The quantitative estimate of drug-likeness (QED) is 0.704. The van der Waals surface area contributed by atoms with E-state index in [9.17, 15) is 0 Å². The zero-order valence-corrected chi connectivity index (χ0v) is 10.3. The summed E-state index contributed by atoms with van der Waals surface area (Å²) in [6.45, 7) is 5.71. The van der Waals surface area contributed by atoms with Gasteiger partial charge in [-0.25, -0.2) is 0 Å². The van der Waals surface area contributed by atoms with Gasteiger partial charge in [-0.05, 0) is 46.2 Å². The molecule has 0 radical (unpaired) electrons. The van der Waals surface area contributed by atoms with E-state index in [1.54, 1.807) is 0 Å². The Morgan fingerprint density at radius 2 is 1.79 bits per heavy atom. The smallest absolute Gasteiger partial charge is 0.0328 e. The second kappa shape index (κ2) is 5.13. The van der Waals surface area contributed by atoms with E-state index in [1.807, 2.05) is 0 Å². The van der Waals surface area contributed by atoms with Crippen LogP contribution in [0.2, 0.25) is 0 Å². The van der Waals surface area contributed by atoms with Gasteiger partial charge in [-0.2, -0.15) is 0 Å². The zero-order valence-electron chi connectivity index (χ0n) is 10.3. The molecule has 14 heavy (non-hydrogen) atoms. The van der Waals surface area contributed by atoms with Gasteiger partial charge in [0.2, 0.25) is 0 Å². The number of hydrogen-bond donors (Lipinski definition) is 1. The summed E-state index contributed by atoms with van der Waals surface area (Å²) in [7, 11) is 4.43. The molecule has 0 spiro atoms. The lowest BCUT2D eigenvalue weighted by molar-refractivity contribution is 0.0568. The van der Waals surface area contributed by atoms with Crippen LogP contribution in [0.25, 0.3) is 0 Å². The Bertz CT molecular complexity index is 158. The molecule has 1 N–H and O–H groups in total. The Morgan fingerprint density at radius 3 is 2.07 bits per heavy atom. The Hall–Kier alpha value is -0.0800. The molecule has 0 heterocycles. The molecular weight excluding hydrogens is 172 g/mol. The van der Waals surface area contributed by atoms with E-state index in [-0.39, 0.29) is 0 Å². The minimum Gasteiger partial charge on any atom is -0.312 e. The van der Waals surface area contributed by atoms with E-state index in [0.29, 0.717) is 11.6 Å². The van der Waals surface area contributed by atoms with Crippen LogP contribution in [0.15, 0.2) is 0 Å². The molecular formula is C12H26N2. The Morgan fingerprint density at radius 1 is 1.21 bits per heavy atom. The molecule has 1 saturated carbocycles. The largest absolute Gasteiger partial charge is 0.312 e. The summed E-state index contributed by atoms with van der Waals surface area (Å²) >= 11 is 0. The van der Waals surface area contributed by atoms with E-state index in [4.69, 9.17) is 0 Å². The van der Waals surface area contributed by atoms with E-state index in [0.717, 1.165) is 0 Å². The predicted octanol–water partition coefficient (Wildman–Crippen LogP) is 2.25. The van der Waals surface area contributed by atoms with Crippen molar-refractivity contribution in [3.63, 3.8) is 0 Å². The summed E-state index contributed by atoms with van der Waals surface area (Å²) < 4.78 is 0. The average Bonchev–Trinajstić information content (AvgIpc) is 2.09. The lowest BCUT2D eigenvalue weighted by atomic mass is 9.75. The van der Waals surface area contributed by atoms with Crippen LogP contribution < -0.4 is 5.32 Å². The van der Waals surface area contributed by atoms with Crippen molar-refractivity contribution in [2.24, 2.45) is 0 Å². The fraction of sp³-hybridized carbons (Fsp3) is 1.00. The highest BCUT2D eigenvalue weighted by Gasteiger charge is 2.38. The Kier molecular flexibility index (Phi) is 4.39. The molecule has 1 fully saturated rings. The fourth-order valence-corrected chi connectivity index (χ4v) is 2.28. The van der Waals surface area contributed by atoms with E-state index in [2.05, 4.69) is 38.2 Å². The van der Waals surface area contributed by atoms with Crippen LogP contribution in [-0.4, -0.2) is 37.1 Å². The van der Waals surface area contributed by atoms with Gasteiger partial charge in [0, 0.05) is 18.1 Å². The van der Waals surface area contributed by atoms with Gasteiger partial charge < -0.3 is 10.2 Å².